The molecule has 2 N–H and O–H groups in total. The highest BCUT2D eigenvalue weighted by Crippen LogP contribution is 2.09. The SMILES string of the molecule is CC(CCc1ccccc1)NC(=O)c1cncc(O)c1. The summed E-state index contributed by atoms with van der Waals surface area (Å²) in [7, 11) is 0. The van der Waals surface area contributed by atoms with Crippen LogP contribution in [-0.4, -0.2) is 22.0 Å². The minimum absolute atomic E-state index is 0.00501. The summed E-state index contributed by atoms with van der Waals surface area (Å²) in [5, 5.41) is 12.2. The maximum atomic E-state index is 12.0. The molecule has 1 amide bonds. The number of hydrogen-bond donors (Lipinski definition) is 2. The molecule has 0 aliphatic heterocycles. The molecule has 2 rings (SSSR count). The zero-order valence-corrected chi connectivity index (χ0v) is 11.4. The van der Waals surface area contributed by atoms with Crippen LogP contribution >= 0.6 is 0 Å². The average Bonchev–Trinajstić information content (AvgIpc) is 2.46. The molecule has 104 valence electrons. The molecule has 1 aromatic carbocycles. The van der Waals surface area contributed by atoms with Gasteiger partial charge in [-0.3, -0.25) is 9.78 Å². The monoisotopic (exact) mass is 270 g/mol. The van der Waals surface area contributed by atoms with Gasteiger partial charge < -0.3 is 10.4 Å². The summed E-state index contributed by atoms with van der Waals surface area (Å²) in [5.74, 6) is -0.219. The molecule has 4 heteroatoms. The van der Waals surface area contributed by atoms with Gasteiger partial charge in [0.25, 0.3) is 5.91 Å². The highest BCUT2D eigenvalue weighted by molar-refractivity contribution is 5.94. The molecule has 4 nitrogen and oxygen atoms in total. The van der Waals surface area contributed by atoms with Crippen molar-refractivity contribution in [3.05, 3.63) is 59.9 Å². The Bertz CT molecular complexity index is 570. The van der Waals surface area contributed by atoms with Crippen LogP contribution < -0.4 is 5.32 Å². The van der Waals surface area contributed by atoms with E-state index in [2.05, 4.69) is 22.4 Å². The number of aromatic nitrogens is 1. The molecule has 0 aliphatic carbocycles. The van der Waals surface area contributed by atoms with Gasteiger partial charge in [0.05, 0.1) is 11.8 Å². The zero-order chi connectivity index (χ0) is 14.4. The molecule has 0 saturated heterocycles. The Morgan fingerprint density at radius 3 is 2.75 bits per heavy atom. The van der Waals surface area contributed by atoms with E-state index >= 15 is 0 Å². The summed E-state index contributed by atoms with van der Waals surface area (Å²) < 4.78 is 0. The number of nitrogens with zero attached hydrogens (tertiary/aromatic N) is 1. The van der Waals surface area contributed by atoms with Crippen molar-refractivity contribution in [3.8, 4) is 5.75 Å². The van der Waals surface area contributed by atoms with Gasteiger partial charge in [-0.25, -0.2) is 0 Å². The van der Waals surface area contributed by atoms with Crippen LogP contribution in [0.3, 0.4) is 0 Å². The van der Waals surface area contributed by atoms with Crippen LogP contribution in [0, 0.1) is 0 Å². The molecule has 0 bridgehead atoms. The van der Waals surface area contributed by atoms with Crippen LogP contribution in [0.4, 0.5) is 0 Å². The standard InChI is InChI=1S/C16H18N2O2/c1-12(7-8-13-5-3-2-4-6-13)18-16(20)14-9-15(19)11-17-10-14/h2-6,9-12,19H,7-8H2,1H3,(H,18,20). The van der Waals surface area contributed by atoms with E-state index in [1.54, 1.807) is 0 Å². The van der Waals surface area contributed by atoms with Crippen LogP contribution in [0.5, 0.6) is 5.75 Å². The van der Waals surface area contributed by atoms with Crippen LogP contribution in [0.25, 0.3) is 0 Å². The van der Waals surface area contributed by atoms with Gasteiger partial charge in [0, 0.05) is 12.2 Å². The predicted octanol–water partition coefficient (Wildman–Crippen LogP) is 2.54. The van der Waals surface area contributed by atoms with Crippen molar-refractivity contribution in [3.63, 3.8) is 0 Å². The highest BCUT2D eigenvalue weighted by Gasteiger charge is 2.10. The number of carbonyl (C=O) groups is 1. The van der Waals surface area contributed by atoms with Gasteiger partial charge in [0.15, 0.2) is 0 Å². The second-order valence-corrected chi connectivity index (χ2v) is 4.83. The van der Waals surface area contributed by atoms with Gasteiger partial charge in [-0.15, -0.1) is 0 Å². The molecule has 0 aliphatic rings. The number of aryl methyl sites for hydroxylation is 1. The van der Waals surface area contributed by atoms with E-state index in [1.807, 2.05) is 25.1 Å². The fourth-order valence-electron chi connectivity index (χ4n) is 1.96. The average molecular weight is 270 g/mol. The van der Waals surface area contributed by atoms with Crippen LogP contribution in [0.1, 0.15) is 29.3 Å². The number of hydrogen-bond acceptors (Lipinski definition) is 3. The quantitative estimate of drug-likeness (QED) is 0.877. The van der Waals surface area contributed by atoms with Crippen molar-refractivity contribution in [2.45, 2.75) is 25.8 Å². The molecule has 1 unspecified atom stereocenters. The third kappa shape index (κ3) is 4.09. The van der Waals surface area contributed by atoms with E-state index in [0.29, 0.717) is 5.56 Å². The van der Waals surface area contributed by atoms with Crippen molar-refractivity contribution < 1.29 is 9.90 Å². The van der Waals surface area contributed by atoms with Crippen LogP contribution in [0.15, 0.2) is 48.8 Å². The van der Waals surface area contributed by atoms with Gasteiger partial charge in [0.2, 0.25) is 0 Å². The molecule has 1 heterocycles. The van der Waals surface area contributed by atoms with E-state index in [-0.39, 0.29) is 17.7 Å². The third-order valence-electron chi connectivity index (χ3n) is 3.07. The first-order chi connectivity index (χ1) is 9.65. The number of nitrogens with one attached hydrogen (secondary N) is 1. The lowest BCUT2D eigenvalue weighted by molar-refractivity contribution is 0.0937. The Kier molecular flexibility index (Phi) is 4.71. The maximum Gasteiger partial charge on any atom is 0.253 e. The first-order valence-electron chi connectivity index (χ1n) is 6.64. The minimum Gasteiger partial charge on any atom is -0.506 e. The highest BCUT2D eigenvalue weighted by atomic mass is 16.3. The molecule has 20 heavy (non-hydrogen) atoms. The van der Waals surface area contributed by atoms with Gasteiger partial charge in [-0.1, -0.05) is 30.3 Å². The van der Waals surface area contributed by atoms with Gasteiger partial charge >= 0.3 is 0 Å². The van der Waals surface area contributed by atoms with E-state index in [4.69, 9.17) is 0 Å². The lowest BCUT2D eigenvalue weighted by Crippen LogP contribution is -2.32. The van der Waals surface area contributed by atoms with Gasteiger partial charge in [-0.2, -0.15) is 0 Å². The molecule has 2 aromatic rings. The molecule has 1 atom stereocenters. The molecule has 0 radical (unpaired) electrons. The first-order valence-corrected chi connectivity index (χ1v) is 6.64. The van der Waals surface area contributed by atoms with E-state index in [0.717, 1.165) is 12.8 Å². The Labute approximate surface area is 118 Å². The lowest BCUT2D eigenvalue weighted by Gasteiger charge is -2.13. The molecule has 1 aromatic heterocycles. The second kappa shape index (κ2) is 6.70. The Morgan fingerprint density at radius 1 is 1.30 bits per heavy atom. The number of benzene rings is 1. The molecule has 0 fully saturated rings. The second-order valence-electron chi connectivity index (χ2n) is 4.83. The Hall–Kier alpha value is -2.36. The minimum atomic E-state index is -0.214. The summed E-state index contributed by atoms with van der Waals surface area (Å²) in [5.41, 5.74) is 1.63. The van der Waals surface area contributed by atoms with Crippen molar-refractivity contribution in [2.24, 2.45) is 0 Å². The van der Waals surface area contributed by atoms with Crippen LogP contribution in [-0.2, 0) is 6.42 Å². The summed E-state index contributed by atoms with van der Waals surface area (Å²) >= 11 is 0. The summed E-state index contributed by atoms with van der Waals surface area (Å²) in [4.78, 5) is 15.8. The molecular weight excluding hydrogens is 252 g/mol. The van der Waals surface area contributed by atoms with E-state index in [9.17, 15) is 9.90 Å². The fourth-order valence-corrected chi connectivity index (χ4v) is 1.96. The van der Waals surface area contributed by atoms with E-state index < -0.39 is 0 Å². The zero-order valence-electron chi connectivity index (χ0n) is 11.4. The molecule has 0 saturated carbocycles. The van der Waals surface area contributed by atoms with Crippen molar-refractivity contribution in [2.75, 3.05) is 0 Å². The van der Waals surface area contributed by atoms with E-state index in [1.165, 1.54) is 24.0 Å². The van der Waals surface area contributed by atoms with Crippen molar-refractivity contribution >= 4 is 5.91 Å². The van der Waals surface area contributed by atoms with Gasteiger partial charge in [0.1, 0.15) is 5.75 Å². The summed E-state index contributed by atoms with van der Waals surface area (Å²) in [6, 6.07) is 11.6. The normalized spacial score (nSPS) is 11.8. The van der Waals surface area contributed by atoms with Crippen molar-refractivity contribution in [1.82, 2.24) is 10.3 Å². The first kappa shape index (κ1) is 14.1. The summed E-state index contributed by atoms with van der Waals surface area (Å²) in [6.45, 7) is 1.97. The van der Waals surface area contributed by atoms with Gasteiger partial charge in [-0.05, 0) is 31.4 Å². The topological polar surface area (TPSA) is 62.2 Å². The third-order valence-corrected chi connectivity index (χ3v) is 3.07. The Balaban J connectivity index is 1.85. The number of aromatic hydroxyl groups is 1. The number of rotatable bonds is 5. The Morgan fingerprint density at radius 2 is 2.05 bits per heavy atom. The number of pyridine rings is 1. The predicted molar refractivity (Wildman–Crippen MR) is 77.6 cm³/mol. The smallest absolute Gasteiger partial charge is 0.253 e. The summed E-state index contributed by atoms with van der Waals surface area (Å²) in [6.07, 6.45) is 4.52. The maximum absolute atomic E-state index is 12.0. The fraction of sp³-hybridized carbons (Fsp3) is 0.250. The molecular formula is C16H18N2O2. The number of carbonyl (C=O) groups excluding carboxylic acids is 1. The number of amides is 1. The largest absolute Gasteiger partial charge is 0.506 e. The molecule has 0 spiro atoms. The van der Waals surface area contributed by atoms with Crippen molar-refractivity contribution in [1.29, 1.82) is 0 Å². The van der Waals surface area contributed by atoms with Crippen LogP contribution in [0.2, 0.25) is 0 Å². The lowest BCUT2D eigenvalue weighted by atomic mass is 10.1.